The summed E-state index contributed by atoms with van der Waals surface area (Å²) in [5.74, 6) is -0.213. The van der Waals surface area contributed by atoms with E-state index in [-0.39, 0.29) is 11.9 Å². The van der Waals surface area contributed by atoms with Gasteiger partial charge in [-0.25, -0.2) is 4.39 Å². The van der Waals surface area contributed by atoms with Crippen LogP contribution in [-0.2, 0) is 0 Å². The van der Waals surface area contributed by atoms with Crippen molar-refractivity contribution < 1.29 is 4.39 Å². The van der Waals surface area contributed by atoms with Crippen molar-refractivity contribution in [1.29, 1.82) is 0 Å². The highest BCUT2D eigenvalue weighted by atomic mass is 32.1. The molecule has 1 aromatic heterocycles. The van der Waals surface area contributed by atoms with E-state index >= 15 is 0 Å². The van der Waals surface area contributed by atoms with Crippen LogP contribution in [0.3, 0.4) is 0 Å². The minimum atomic E-state index is -0.213. The van der Waals surface area contributed by atoms with Crippen LogP contribution in [0.4, 0.5) is 4.39 Å². The average molecular weight is 300 g/mol. The maximum absolute atomic E-state index is 13.7. The fourth-order valence-electron chi connectivity index (χ4n) is 2.83. The van der Waals surface area contributed by atoms with Crippen molar-refractivity contribution in [3.63, 3.8) is 0 Å². The first kappa shape index (κ1) is 14.0. The van der Waals surface area contributed by atoms with Gasteiger partial charge in [-0.1, -0.05) is 24.3 Å². The van der Waals surface area contributed by atoms with Crippen LogP contribution in [0.2, 0.25) is 0 Å². The molecule has 0 aliphatic carbocycles. The Morgan fingerprint density at radius 1 is 1.14 bits per heavy atom. The minimum Gasteiger partial charge on any atom is -0.330 e. The topological polar surface area (TPSA) is 20.7 Å². The Balaban J connectivity index is 2.25. The second-order valence-electron chi connectivity index (χ2n) is 5.45. The molecule has 0 saturated carbocycles. The van der Waals surface area contributed by atoms with Gasteiger partial charge >= 0.3 is 0 Å². The number of nitrogens with zero attached hydrogens (tertiary/aromatic N) is 1. The van der Waals surface area contributed by atoms with E-state index in [1.54, 1.807) is 6.92 Å². The molecule has 1 atom stereocenters. The number of halogens is 1. The van der Waals surface area contributed by atoms with Crippen LogP contribution in [0.5, 0.6) is 0 Å². The number of imidazole rings is 1. The molecule has 1 unspecified atom stereocenters. The van der Waals surface area contributed by atoms with Crippen LogP contribution < -0.4 is 0 Å². The number of H-pyrrole nitrogens is 1. The third-order valence-corrected chi connectivity index (χ3v) is 4.32. The lowest BCUT2D eigenvalue weighted by molar-refractivity contribution is 0.619. The number of hydrogen-bond donors (Lipinski definition) is 1. The summed E-state index contributed by atoms with van der Waals surface area (Å²) in [4.78, 5) is 3.10. The standard InChI is InChI=1S/C17H17FN2S/c1-10-6-4-5-7-13(10)12(3)20-16-8-11(2)14(18)9-15(16)19-17(20)21/h4-9,12H,1-3H3,(H,19,21). The summed E-state index contributed by atoms with van der Waals surface area (Å²) < 4.78 is 16.4. The first-order valence-electron chi connectivity index (χ1n) is 6.95. The van der Waals surface area contributed by atoms with Crippen LogP contribution in [0.15, 0.2) is 36.4 Å². The van der Waals surface area contributed by atoms with Gasteiger partial charge in [-0.3, -0.25) is 0 Å². The van der Waals surface area contributed by atoms with Gasteiger partial charge in [-0.15, -0.1) is 0 Å². The molecule has 21 heavy (non-hydrogen) atoms. The van der Waals surface area contributed by atoms with E-state index < -0.39 is 0 Å². The quantitative estimate of drug-likeness (QED) is 0.656. The van der Waals surface area contributed by atoms with Gasteiger partial charge in [0.1, 0.15) is 5.82 Å². The Morgan fingerprint density at radius 3 is 2.57 bits per heavy atom. The van der Waals surface area contributed by atoms with Crippen molar-refractivity contribution >= 4 is 23.3 Å². The monoisotopic (exact) mass is 300 g/mol. The van der Waals surface area contributed by atoms with Gasteiger partial charge in [0.05, 0.1) is 17.1 Å². The van der Waals surface area contributed by atoms with E-state index in [4.69, 9.17) is 12.2 Å². The van der Waals surface area contributed by atoms with Gasteiger partial charge in [-0.05, 0) is 61.8 Å². The molecule has 0 saturated heterocycles. The molecule has 2 aromatic carbocycles. The zero-order chi connectivity index (χ0) is 15.1. The van der Waals surface area contributed by atoms with Gasteiger partial charge in [-0.2, -0.15) is 0 Å². The van der Waals surface area contributed by atoms with E-state index in [0.717, 1.165) is 11.0 Å². The van der Waals surface area contributed by atoms with Crippen LogP contribution >= 0.6 is 12.2 Å². The van der Waals surface area contributed by atoms with Crippen molar-refractivity contribution in [2.24, 2.45) is 0 Å². The second kappa shape index (κ2) is 5.11. The summed E-state index contributed by atoms with van der Waals surface area (Å²) in [5, 5.41) is 0. The van der Waals surface area contributed by atoms with Crippen molar-refractivity contribution in [2.45, 2.75) is 26.8 Å². The highest BCUT2D eigenvalue weighted by Gasteiger charge is 2.15. The molecular formula is C17H17FN2S. The SMILES string of the molecule is Cc1cc2c(cc1F)[nH]c(=S)n2C(C)c1ccccc1C. The maximum Gasteiger partial charge on any atom is 0.178 e. The normalized spacial score (nSPS) is 12.8. The van der Waals surface area contributed by atoms with Crippen LogP contribution in [0.25, 0.3) is 11.0 Å². The second-order valence-corrected chi connectivity index (χ2v) is 5.84. The van der Waals surface area contributed by atoms with Gasteiger partial charge in [0.15, 0.2) is 4.77 Å². The predicted molar refractivity (Wildman–Crippen MR) is 86.8 cm³/mol. The summed E-state index contributed by atoms with van der Waals surface area (Å²) in [6, 6.07) is 11.7. The molecule has 0 aliphatic heterocycles. The molecule has 0 aliphatic rings. The van der Waals surface area contributed by atoms with Crippen molar-refractivity contribution in [2.75, 3.05) is 0 Å². The number of aromatic nitrogens is 2. The molecular weight excluding hydrogens is 283 g/mol. The van der Waals surface area contributed by atoms with Gasteiger partial charge in [0.25, 0.3) is 0 Å². The molecule has 2 nitrogen and oxygen atoms in total. The van der Waals surface area contributed by atoms with E-state index in [9.17, 15) is 4.39 Å². The largest absolute Gasteiger partial charge is 0.330 e. The fraction of sp³-hybridized carbons (Fsp3) is 0.235. The Morgan fingerprint density at radius 2 is 1.86 bits per heavy atom. The van der Waals surface area contributed by atoms with E-state index in [1.807, 2.05) is 18.2 Å². The summed E-state index contributed by atoms with van der Waals surface area (Å²) in [5.41, 5.74) is 4.75. The summed E-state index contributed by atoms with van der Waals surface area (Å²) >= 11 is 5.44. The number of aromatic amines is 1. The molecule has 0 spiro atoms. The van der Waals surface area contributed by atoms with Gasteiger partial charge < -0.3 is 9.55 Å². The fourth-order valence-corrected chi connectivity index (χ4v) is 3.20. The number of hydrogen-bond acceptors (Lipinski definition) is 1. The Labute approximate surface area is 128 Å². The van der Waals surface area contributed by atoms with Crippen LogP contribution in [0, 0.1) is 24.4 Å². The van der Waals surface area contributed by atoms with Gasteiger partial charge in [0.2, 0.25) is 0 Å². The van der Waals surface area contributed by atoms with E-state index in [0.29, 0.717) is 10.3 Å². The summed E-state index contributed by atoms with van der Waals surface area (Å²) in [7, 11) is 0. The lowest BCUT2D eigenvalue weighted by Gasteiger charge is -2.17. The number of aryl methyl sites for hydroxylation is 2. The first-order valence-corrected chi connectivity index (χ1v) is 7.35. The number of benzene rings is 2. The highest BCUT2D eigenvalue weighted by Crippen LogP contribution is 2.27. The van der Waals surface area contributed by atoms with Crippen molar-refractivity contribution in [3.05, 3.63) is 63.7 Å². The third kappa shape index (κ3) is 2.29. The van der Waals surface area contributed by atoms with Crippen molar-refractivity contribution in [3.8, 4) is 0 Å². The molecule has 108 valence electrons. The van der Waals surface area contributed by atoms with Gasteiger partial charge in [0, 0.05) is 0 Å². The summed E-state index contributed by atoms with van der Waals surface area (Å²) in [6.45, 7) is 5.98. The first-order chi connectivity index (χ1) is 9.99. The molecule has 1 heterocycles. The third-order valence-electron chi connectivity index (χ3n) is 4.02. The Hall–Kier alpha value is -1.94. The Kier molecular flexibility index (Phi) is 3.41. The summed E-state index contributed by atoms with van der Waals surface area (Å²) in [6.07, 6.45) is 0. The minimum absolute atomic E-state index is 0.0947. The number of nitrogens with one attached hydrogen (secondary N) is 1. The zero-order valence-corrected chi connectivity index (χ0v) is 13.1. The lowest BCUT2D eigenvalue weighted by Crippen LogP contribution is -2.08. The molecule has 0 amide bonds. The average Bonchev–Trinajstić information content (AvgIpc) is 2.74. The predicted octanol–water partition coefficient (Wildman–Crippen LogP) is 5.06. The van der Waals surface area contributed by atoms with Crippen molar-refractivity contribution in [1.82, 2.24) is 9.55 Å². The molecule has 3 rings (SSSR count). The van der Waals surface area contributed by atoms with E-state index in [2.05, 4.69) is 35.5 Å². The lowest BCUT2D eigenvalue weighted by atomic mass is 10.0. The molecule has 1 N–H and O–H groups in total. The van der Waals surface area contributed by atoms with Crippen LogP contribution in [0.1, 0.15) is 29.7 Å². The smallest absolute Gasteiger partial charge is 0.178 e. The molecule has 4 heteroatoms. The molecule has 3 aromatic rings. The molecule has 0 fully saturated rings. The highest BCUT2D eigenvalue weighted by molar-refractivity contribution is 7.71. The Bertz CT molecular complexity index is 876. The maximum atomic E-state index is 13.7. The number of rotatable bonds is 2. The molecule has 0 radical (unpaired) electrons. The molecule has 0 bridgehead atoms. The van der Waals surface area contributed by atoms with E-state index in [1.165, 1.54) is 17.2 Å². The zero-order valence-electron chi connectivity index (χ0n) is 12.3. The number of fused-ring (bicyclic) bond motifs is 1. The van der Waals surface area contributed by atoms with Crippen LogP contribution in [-0.4, -0.2) is 9.55 Å².